The van der Waals surface area contributed by atoms with Crippen molar-refractivity contribution in [3.05, 3.63) is 38.8 Å². The van der Waals surface area contributed by atoms with Crippen LogP contribution in [0.3, 0.4) is 0 Å². The third-order valence-corrected chi connectivity index (χ3v) is 4.89. The summed E-state index contributed by atoms with van der Waals surface area (Å²) in [5.74, 6) is 0.872. The Hall–Kier alpha value is -0.520. The number of anilines is 1. The molecule has 0 saturated carbocycles. The molecular formula is C12H13BrN2S2. The van der Waals surface area contributed by atoms with Crippen molar-refractivity contribution in [2.45, 2.75) is 24.0 Å². The standard InChI is InChI=1S/C12H13BrN2S2/c1-2-12-15-9(7-17-12)6-16-11-5-8(13)3-4-10(11)14/h3-5,7H,2,6,14H2,1H3. The van der Waals surface area contributed by atoms with Gasteiger partial charge in [0.2, 0.25) is 0 Å². The van der Waals surface area contributed by atoms with E-state index in [0.29, 0.717) is 0 Å². The molecule has 2 rings (SSSR count). The van der Waals surface area contributed by atoms with Gasteiger partial charge in [0.25, 0.3) is 0 Å². The fourth-order valence-corrected chi connectivity index (χ4v) is 3.62. The van der Waals surface area contributed by atoms with Crippen LogP contribution in [-0.4, -0.2) is 4.98 Å². The highest BCUT2D eigenvalue weighted by atomic mass is 79.9. The Morgan fingerprint density at radius 2 is 2.29 bits per heavy atom. The number of thioether (sulfide) groups is 1. The molecule has 0 aliphatic heterocycles. The van der Waals surface area contributed by atoms with Gasteiger partial charge < -0.3 is 5.73 Å². The quantitative estimate of drug-likeness (QED) is 0.670. The van der Waals surface area contributed by atoms with Crippen molar-refractivity contribution in [3.8, 4) is 0 Å². The lowest BCUT2D eigenvalue weighted by atomic mass is 10.3. The van der Waals surface area contributed by atoms with Crippen LogP contribution < -0.4 is 5.73 Å². The van der Waals surface area contributed by atoms with Crippen LogP contribution in [0.15, 0.2) is 32.9 Å². The van der Waals surface area contributed by atoms with E-state index in [1.807, 2.05) is 18.2 Å². The summed E-state index contributed by atoms with van der Waals surface area (Å²) in [6.45, 7) is 2.13. The first-order chi connectivity index (χ1) is 8.19. The molecule has 1 aromatic heterocycles. The van der Waals surface area contributed by atoms with Gasteiger partial charge >= 0.3 is 0 Å². The summed E-state index contributed by atoms with van der Waals surface area (Å²) in [5.41, 5.74) is 7.88. The third-order valence-electron chi connectivity index (χ3n) is 2.25. The Balaban J connectivity index is 2.04. The first-order valence-corrected chi connectivity index (χ1v) is 7.96. The molecule has 2 aromatic rings. The van der Waals surface area contributed by atoms with Crippen molar-refractivity contribution in [2.75, 3.05) is 5.73 Å². The van der Waals surface area contributed by atoms with Crippen molar-refractivity contribution < 1.29 is 0 Å². The van der Waals surface area contributed by atoms with Gasteiger partial charge in [-0.1, -0.05) is 22.9 Å². The van der Waals surface area contributed by atoms with Gasteiger partial charge in [0.1, 0.15) is 0 Å². The zero-order valence-electron chi connectivity index (χ0n) is 9.44. The van der Waals surface area contributed by atoms with E-state index in [2.05, 4.69) is 33.2 Å². The molecule has 0 bridgehead atoms. The molecule has 1 aromatic carbocycles. The maximum absolute atomic E-state index is 5.93. The second kappa shape index (κ2) is 5.89. The van der Waals surface area contributed by atoms with Crippen LogP contribution >= 0.6 is 39.0 Å². The van der Waals surface area contributed by atoms with Crippen LogP contribution in [-0.2, 0) is 12.2 Å². The highest BCUT2D eigenvalue weighted by Crippen LogP contribution is 2.30. The number of rotatable bonds is 4. The van der Waals surface area contributed by atoms with Crippen LogP contribution in [0.5, 0.6) is 0 Å². The Morgan fingerprint density at radius 1 is 1.47 bits per heavy atom. The van der Waals surface area contributed by atoms with Crippen molar-refractivity contribution in [1.29, 1.82) is 0 Å². The molecule has 17 heavy (non-hydrogen) atoms. The average molecular weight is 329 g/mol. The number of nitrogens with two attached hydrogens (primary N) is 1. The number of hydrogen-bond donors (Lipinski definition) is 1. The topological polar surface area (TPSA) is 38.9 Å². The molecule has 2 nitrogen and oxygen atoms in total. The zero-order chi connectivity index (χ0) is 12.3. The lowest BCUT2D eigenvalue weighted by Crippen LogP contribution is -1.89. The largest absolute Gasteiger partial charge is 0.398 e. The molecule has 0 fully saturated rings. The van der Waals surface area contributed by atoms with E-state index in [-0.39, 0.29) is 0 Å². The fraction of sp³-hybridized carbons (Fsp3) is 0.250. The van der Waals surface area contributed by atoms with Crippen molar-refractivity contribution in [1.82, 2.24) is 4.98 Å². The first kappa shape index (κ1) is 12.9. The third kappa shape index (κ3) is 3.47. The van der Waals surface area contributed by atoms with Gasteiger partial charge in [0, 0.05) is 26.2 Å². The van der Waals surface area contributed by atoms with Crippen LogP contribution in [0.1, 0.15) is 17.6 Å². The van der Waals surface area contributed by atoms with E-state index >= 15 is 0 Å². The number of aryl methyl sites for hydroxylation is 1. The molecule has 0 amide bonds. The maximum Gasteiger partial charge on any atom is 0.0925 e. The van der Waals surface area contributed by atoms with Gasteiger partial charge in [0.15, 0.2) is 0 Å². The molecule has 0 unspecified atom stereocenters. The van der Waals surface area contributed by atoms with Crippen molar-refractivity contribution >= 4 is 44.7 Å². The fourth-order valence-electron chi connectivity index (χ4n) is 1.36. The molecule has 0 aliphatic carbocycles. The number of aromatic nitrogens is 1. The summed E-state index contributed by atoms with van der Waals surface area (Å²) in [7, 11) is 0. The van der Waals surface area contributed by atoms with Crippen LogP contribution in [0.2, 0.25) is 0 Å². The van der Waals surface area contributed by atoms with E-state index in [1.54, 1.807) is 23.1 Å². The number of nitrogens with zero attached hydrogens (tertiary/aromatic N) is 1. The van der Waals surface area contributed by atoms with Crippen molar-refractivity contribution in [2.24, 2.45) is 0 Å². The molecule has 90 valence electrons. The van der Waals surface area contributed by atoms with E-state index in [1.165, 1.54) is 5.01 Å². The maximum atomic E-state index is 5.93. The number of nitrogen functional groups attached to an aromatic ring is 1. The molecule has 5 heteroatoms. The van der Waals surface area contributed by atoms with Gasteiger partial charge in [-0.25, -0.2) is 4.98 Å². The molecule has 2 N–H and O–H groups in total. The van der Waals surface area contributed by atoms with E-state index < -0.39 is 0 Å². The second-order valence-electron chi connectivity index (χ2n) is 3.56. The Labute approximate surface area is 118 Å². The predicted molar refractivity (Wildman–Crippen MR) is 79.6 cm³/mol. The van der Waals surface area contributed by atoms with Crippen LogP contribution in [0.25, 0.3) is 0 Å². The predicted octanol–water partition coefficient (Wildman–Crippen LogP) is 4.34. The molecule has 1 heterocycles. The van der Waals surface area contributed by atoms with Crippen LogP contribution in [0.4, 0.5) is 5.69 Å². The Kier molecular flexibility index (Phi) is 4.48. The minimum Gasteiger partial charge on any atom is -0.398 e. The van der Waals surface area contributed by atoms with E-state index in [4.69, 9.17) is 5.73 Å². The summed E-state index contributed by atoms with van der Waals surface area (Å²) in [6, 6.07) is 5.93. The monoisotopic (exact) mass is 328 g/mol. The van der Waals surface area contributed by atoms with Gasteiger partial charge in [-0.05, 0) is 24.6 Å². The zero-order valence-corrected chi connectivity index (χ0v) is 12.7. The van der Waals surface area contributed by atoms with E-state index in [9.17, 15) is 0 Å². The number of benzene rings is 1. The number of halogens is 1. The Morgan fingerprint density at radius 3 is 3.00 bits per heavy atom. The smallest absolute Gasteiger partial charge is 0.0925 e. The second-order valence-corrected chi connectivity index (χ2v) is 6.43. The molecule has 0 aliphatic rings. The van der Waals surface area contributed by atoms with Gasteiger partial charge in [-0.15, -0.1) is 23.1 Å². The molecule has 0 radical (unpaired) electrons. The van der Waals surface area contributed by atoms with Gasteiger partial charge in [-0.3, -0.25) is 0 Å². The lowest BCUT2D eigenvalue weighted by Gasteiger charge is -2.04. The minimum atomic E-state index is 0.823. The van der Waals surface area contributed by atoms with E-state index in [0.717, 1.165) is 32.9 Å². The normalized spacial score (nSPS) is 10.7. The molecule has 0 saturated heterocycles. The summed E-state index contributed by atoms with van der Waals surface area (Å²) in [5, 5.41) is 3.32. The average Bonchev–Trinajstić information content (AvgIpc) is 2.78. The Bertz CT molecular complexity index is 511. The van der Waals surface area contributed by atoms with Gasteiger partial charge in [-0.2, -0.15) is 0 Å². The van der Waals surface area contributed by atoms with Crippen molar-refractivity contribution in [3.63, 3.8) is 0 Å². The number of thiazole rings is 1. The molecule has 0 atom stereocenters. The van der Waals surface area contributed by atoms with Crippen LogP contribution in [0, 0.1) is 0 Å². The molecular weight excluding hydrogens is 316 g/mol. The summed E-state index contributed by atoms with van der Waals surface area (Å²) in [4.78, 5) is 5.64. The minimum absolute atomic E-state index is 0.823. The highest BCUT2D eigenvalue weighted by Gasteiger charge is 2.04. The highest BCUT2D eigenvalue weighted by molar-refractivity contribution is 9.10. The first-order valence-electron chi connectivity index (χ1n) is 5.30. The summed E-state index contributed by atoms with van der Waals surface area (Å²) < 4.78 is 1.06. The lowest BCUT2D eigenvalue weighted by molar-refractivity contribution is 1.06. The summed E-state index contributed by atoms with van der Waals surface area (Å²) >= 11 is 6.91. The summed E-state index contributed by atoms with van der Waals surface area (Å²) in [6.07, 6.45) is 1.01. The SMILES string of the molecule is CCc1nc(CSc2cc(Br)ccc2N)cs1. The molecule has 0 spiro atoms. The number of hydrogen-bond acceptors (Lipinski definition) is 4. The van der Waals surface area contributed by atoms with Gasteiger partial charge in [0.05, 0.1) is 10.7 Å².